The van der Waals surface area contributed by atoms with Crippen LogP contribution < -0.4 is 5.32 Å². The molecule has 0 aliphatic rings. The van der Waals surface area contributed by atoms with Crippen molar-refractivity contribution >= 4 is 33.3 Å². The maximum absolute atomic E-state index is 13.5. The van der Waals surface area contributed by atoms with E-state index in [1.165, 1.54) is 40.0 Å². The number of anilines is 1. The smallest absolute Gasteiger partial charge is 0.303 e. The molecule has 1 N–H and O–H groups in total. The summed E-state index contributed by atoms with van der Waals surface area (Å²) in [6.07, 6.45) is 1.30. The molecule has 0 saturated heterocycles. The number of aromatic nitrogens is 3. The highest BCUT2D eigenvalue weighted by molar-refractivity contribution is 8.76. The number of carbonyl (C=O) groups excluding carboxylic acids is 1. The number of nitrogens with zero attached hydrogens (tertiary/aromatic N) is 3. The fourth-order valence-electron chi connectivity index (χ4n) is 1.68. The molecule has 1 aromatic heterocycles. The molecule has 2 aromatic carbocycles. The summed E-state index contributed by atoms with van der Waals surface area (Å²) < 4.78 is 14.6. The lowest BCUT2D eigenvalue weighted by atomic mass is 10.3. The van der Waals surface area contributed by atoms with Gasteiger partial charge in [0.1, 0.15) is 12.1 Å². The number of hydrogen-bond acceptors (Lipinski definition) is 5. The lowest BCUT2D eigenvalue weighted by molar-refractivity contribution is 0.250. The first-order chi connectivity index (χ1) is 11.2. The van der Waals surface area contributed by atoms with Crippen LogP contribution in [0.5, 0.6) is 0 Å². The van der Waals surface area contributed by atoms with Gasteiger partial charge in [0, 0.05) is 4.90 Å². The van der Waals surface area contributed by atoms with Gasteiger partial charge in [0.2, 0.25) is 5.16 Å². The molecule has 0 saturated carbocycles. The number of halogens is 1. The average molecular weight is 346 g/mol. The Hall–Kier alpha value is -2.32. The number of nitrogens with one attached hydrogen (secondary N) is 1. The van der Waals surface area contributed by atoms with E-state index in [0.717, 1.165) is 9.58 Å². The molecule has 0 fully saturated rings. The van der Waals surface area contributed by atoms with Crippen molar-refractivity contribution in [3.63, 3.8) is 0 Å². The first-order valence-electron chi connectivity index (χ1n) is 6.59. The maximum Gasteiger partial charge on any atom is 0.348 e. The van der Waals surface area contributed by atoms with Crippen molar-refractivity contribution in [2.24, 2.45) is 0 Å². The Labute approximate surface area is 139 Å². The highest BCUT2D eigenvalue weighted by Gasteiger charge is 2.11. The maximum atomic E-state index is 13.5. The Bertz CT molecular complexity index is 810. The molecule has 0 aliphatic carbocycles. The number of benzene rings is 2. The van der Waals surface area contributed by atoms with E-state index < -0.39 is 11.8 Å². The zero-order valence-electron chi connectivity index (χ0n) is 11.7. The molecule has 23 heavy (non-hydrogen) atoms. The fourth-order valence-corrected chi connectivity index (χ4v) is 3.41. The first kappa shape index (κ1) is 15.6. The Morgan fingerprint density at radius 1 is 1.04 bits per heavy atom. The van der Waals surface area contributed by atoms with E-state index >= 15 is 0 Å². The topological polar surface area (TPSA) is 59.8 Å². The van der Waals surface area contributed by atoms with Gasteiger partial charge in [-0.25, -0.2) is 14.2 Å². The molecule has 3 aromatic rings. The van der Waals surface area contributed by atoms with Crippen LogP contribution in [0, 0.1) is 5.82 Å². The third-order valence-corrected chi connectivity index (χ3v) is 4.91. The summed E-state index contributed by atoms with van der Waals surface area (Å²) in [5, 5.41) is 6.96. The summed E-state index contributed by atoms with van der Waals surface area (Å²) in [5.74, 6) is -0.504. The van der Waals surface area contributed by atoms with Crippen LogP contribution in [0.1, 0.15) is 0 Å². The fraction of sp³-hybridized carbons (Fsp3) is 0. The number of amides is 1. The Balaban J connectivity index is 1.62. The summed E-state index contributed by atoms with van der Waals surface area (Å²) >= 11 is 0. The molecule has 1 amide bonds. The second kappa shape index (κ2) is 7.30. The zero-order valence-corrected chi connectivity index (χ0v) is 13.4. The van der Waals surface area contributed by atoms with Crippen molar-refractivity contribution in [3.8, 4) is 0 Å². The molecule has 8 heteroatoms. The van der Waals surface area contributed by atoms with Crippen LogP contribution in [0.2, 0.25) is 0 Å². The van der Waals surface area contributed by atoms with Gasteiger partial charge in [-0.1, -0.05) is 30.3 Å². The Morgan fingerprint density at radius 2 is 1.78 bits per heavy atom. The molecule has 0 aliphatic heterocycles. The van der Waals surface area contributed by atoms with Crippen LogP contribution in [-0.2, 0) is 0 Å². The lowest BCUT2D eigenvalue weighted by Crippen LogP contribution is -2.20. The number of para-hydroxylation sites is 1. The van der Waals surface area contributed by atoms with Crippen LogP contribution in [0.3, 0.4) is 0 Å². The highest BCUT2D eigenvalue weighted by Crippen LogP contribution is 2.34. The third-order valence-electron chi connectivity index (χ3n) is 2.75. The summed E-state index contributed by atoms with van der Waals surface area (Å²) in [6.45, 7) is 0. The van der Waals surface area contributed by atoms with Crippen LogP contribution in [0.4, 0.5) is 14.9 Å². The predicted molar refractivity (Wildman–Crippen MR) is 89.0 cm³/mol. The van der Waals surface area contributed by atoms with Gasteiger partial charge in [-0.15, -0.1) is 5.10 Å². The Kier molecular flexibility index (Phi) is 4.94. The first-order valence-corrected chi connectivity index (χ1v) is 8.74. The second-order valence-electron chi connectivity index (χ2n) is 4.36. The average Bonchev–Trinajstić information content (AvgIpc) is 3.05. The van der Waals surface area contributed by atoms with Gasteiger partial charge in [-0.3, -0.25) is 0 Å². The molecule has 0 radical (unpaired) electrons. The number of hydrogen-bond donors (Lipinski definition) is 1. The van der Waals surface area contributed by atoms with E-state index in [1.807, 2.05) is 30.3 Å². The number of carbonyl (C=O) groups is 1. The minimum absolute atomic E-state index is 0.0980. The summed E-state index contributed by atoms with van der Waals surface area (Å²) in [5.41, 5.74) is 0.0980. The SMILES string of the molecule is O=C(Nc1ccccc1F)n1cnc(SSc2ccccc2)n1. The quantitative estimate of drug-likeness (QED) is 0.714. The van der Waals surface area contributed by atoms with Gasteiger partial charge < -0.3 is 5.32 Å². The molecule has 0 spiro atoms. The van der Waals surface area contributed by atoms with Gasteiger partial charge >= 0.3 is 6.03 Å². The van der Waals surface area contributed by atoms with Gasteiger partial charge in [0.25, 0.3) is 0 Å². The van der Waals surface area contributed by atoms with Gasteiger partial charge in [-0.05, 0) is 45.9 Å². The van der Waals surface area contributed by atoms with E-state index in [2.05, 4.69) is 15.4 Å². The van der Waals surface area contributed by atoms with Crippen molar-refractivity contribution < 1.29 is 9.18 Å². The van der Waals surface area contributed by atoms with E-state index in [1.54, 1.807) is 12.1 Å². The highest BCUT2D eigenvalue weighted by atomic mass is 33.1. The molecular weight excluding hydrogens is 335 g/mol. The van der Waals surface area contributed by atoms with E-state index in [0.29, 0.717) is 5.16 Å². The molecule has 116 valence electrons. The lowest BCUT2D eigenvalue weighted by Gasteiger charge is -2.04. The van der Waals surface area contributed by atoms with Crippen molar-refractivity contribution in [1.29, 1.82) is 0 Å². The predicted octanol–water partition coefficient (Wildman–Crippen LogP) is 4.30. The molecule has 0 unspecified atom stereocenters. The molecule has 1 heterocycles. The molecule has 3 rings (SSSR count). The normalized spacial score (nSPS) is 10.5. The Morgan fingerprint density at radius 3 is 2.57 bits per heavy atom. The minimum Gasteiger partial charge on any atom is -0.303 e. The van der Waals surface area contributed by atoms with Crippen LogP contribution >= 0.6 is 21.6 Å². The van der Waals surface area contributed by atoms with Crippen molar-refractivity contribution in [1.82, 2.24) is 14.8 Å². The number of rotatable bonds is 4. The zero-order chi connectivity index (χ0) is 16.1. The molecule has 0 atom stereocenters. The van der Waals surface area contributed by atoms with Crippen molar-refractivity contribution in [3.05, 3.63) is 66.7 Å². The van der Waals surface area contributed by atoms with E-state index in [9.17, 15) is 9.18 Å². The second-order valence-corrected chi connectivity index (χ2v) is 6.53. The van der Waals surface area contributed by atoms with Gasteiger partial charge in [0.05, 0.1) is 5.69 Å². The van der Waals surface area contributed by atoms with E-state index in [4.69, 9.17) is 0 Å². The van der Waals surface area contributed by atoms with Gasteiger partial charge in [-0.2, -0.15) is 4.68 Å². The summed E-state index contributed by atoms with van der Waals surface area (Å²) in [7, 11) is 2.83. The third kappa shape index (κ3) is 4.11. The van der Waals surface area contributed by atoms with Crippen molar-refractivity contribution in [2.45, 2.75) is 10.1 Å². The van der Waals surface area contributed by atoms with Crippen molar-refractivity contribution in [2.75, 3.05) is 5.32 Å². The van der Waals surface area contributed by atoms with Crippen LogP contribution in [0.25, 0.3) is 0 Å². The molecule has 5 nitrogen and oxygen atoms in total. The summed E-state index contributed by atoms with van der Waals surface area (Å²) in [6, 6.07) is 15.1. The molecular formula is C15H11FN4OS2. The van der Waals surface area contributed by atoms with Gasteiger partial charge in [0.15, 0.2) is 0 Å². The minimum atomic E-state index is -0.570. The van der Waals surface area contributed by atoms with E-state index in [-0.39, 0.29) is 5.69 Å². The van der Waals surface area contributed by atoms with Crippen LogP contribution in [0.15, 0.2) is 71.0 Å². The molecule has 0 bridgehead atoms. The standard InChI is InChI=1S/C15H11FN4OS2/c16-12-8-4-5-9-13(12)18-15(21)20-10-17-14(19-20)23-22-11-6-2-1-3-7-11/h1-10H,(H,18,21). The monoisotopic (exact) mass is 346 g/mol. The van der Waals surface area contributed by atoms with Crippen LogP contribution in [-0.4, -0.2) is 20.8 Å². The largest absolute Gasteiger partial charge is 0.348 e. The summed E-state index contributed by atoms with van der Waals surface area (Å²) in [4.78, 5) is 17.1.